The monoisotopic (exact) mass is 309 g/mol. The predicted octanol–water partition coefficient (Wildman–Crippen LogP) is 2.20. The van der Waals surface area contributed by atoms with Crippen LogP contribution in [0, 0.1) is 19.8 Å². The first-order valence-electron chi connectivity index (χ1n) is 7.38. The lowest BCUT2D eigenvalue weighted by Crippen LogP contribution is -2.42. The highest BCUT2D eigenvalue weighted by Gasteiger charge is 2.27. The van der Waals surface area contributed by atoms with Crippen LogP contribution in [0.3, 0.4) is 0 Å². The molecule has 0 saturated carbocycles. The number of likely N-dealkylation sites (tertiary alicyclic amines) is 1. The van der Waals surface area contributed by atoms with Gasteiger partial charge < -0.3 is 10.2 Å². The Labute approximate surface area is 129 Å². The molecular formula is C15H23N3O2S. The van der Waals surface area contributed by atoms with E-state index in [4.69, 9.17) is 0 Å². The molecular weight excluding hydrogens is 286 g/mol. The van der Waals surface area contributed by atoms with Crippen molar-refractivity contribution in [2.75, 3.05) is 13.1 Å². The van der Waals surface area contributed by atoms with Gasteiger partial charge in [-0.05, 0) is 33.6 Å². The molecule has 1 unspecified atom stereocenters. The summed E-state index contributed by atoms with van der Waals surface area (Å²) in [4.78, 5) is 31.0. The van der Waals surface area contributed by atoms with Crippen molar-refractivity contribution in [2.24, 2.45) is 5.92 Å². The molecule has 0 aromatic carbocycles. The van der Waals surface area contributed by atoms with Gasteiger partial charge in [0.15, 0.2) is 0 Å². The second-order valence-electron chi connectivity index (χ2n) is 5.69. The van der Waals surface area contributed by atoms with Gasteiger partial charge in [0.1, 0.15) is 0 Å². The highest BCUT2D eigenvalue weighted by atomic mass is 32.1. The van der Waals surface area contributed by atoms with Crippen molar-refractivity contribution in [1.82, 2.24) is 15.2 Å². The summed E-state index contributed by atoms with van der Waals surface area (Å²) in [6, 6.07) is -0.00506. The van der Waals surface area contributed by atoms with Gasteiger partial charge in [-0.3, -0.25) is 9.59 Å². The van der Waals surface area contributed by atoms with E-state index in [1.54, 1.807) is 18.3 Å². The predicted molar refractivity (Wildman–Crippen MR) is 83.1 cm³/mol. The number of carbonyl (C=O) groups excluding carboxylic acids is 2. The maximum atomic E-state index is 12.3. The van der Waals surface area contributed by atoms with E-state index in [-0.39, 0.29) is 23.8 Å². The summed E-state index contributed by atoms with van der Waals surface area (Å²) in [5, 5.41) is 4.12. The Morgan fingerprint density at radius 1 is 1.33 bits per heavy atom. The van der Waals surface area contributed by atoms with E-state index in [9.17, 15) is 9.59 Å². The Hall–Kier alpha value is -1.43. The standard InChI is InChI=1S/C15H23N3O2S/c1-9-14(21-11(3)16-9)10(2)17-15(20)13-5-7-18(8-6-13)12(4)19/h10,13H,5-8H2,1-4H3,(H,17,20). The lowest BCUT2D eigenvalue weighted by molar-refractivity contribution is -0.134. The Kier molecular flexibility index (Phi) is 4.98. The largest absolute Gasteiger partial charge is 0.348 e. The van der Waals surface area contributed by atoms with Crippen LogP contribution in [0.1, 0.15) is 48.3 Å². The molecule has 2 heterocycles. The van der Waals surface area contributed by atoms with Gasteiger partial charge in [-0.1, -0.05) is 0 Å². The van der Waals surface area contributed by atoms with E-state index in [0.717, 1.165) is 28.4 Å². The lowest BCUT2D eigenvalue weighted by atomic mass is 9.95. The summed E-state index contributed by atoms with van der Waals surface area (Å²) in [5.74, 6) is 0.200. The molecule has 6 heteroatoms. The normalized spacial score (nSPS) is 17.6. The highest BCUT2D eigenvalue weighted by molar-refractivity contribution is 7.11. The van der Waals surface area contributed by atoms with Gasteiger partial charge in [-0.25, -0.2) is 4.98 Å². The second kappa shape index (κ2) is 6.56. The number of amides is 2. The SMILES string of the molecule is CC(=O)N1CCC(C(=O)NC(C)c2sc(C)nc2C)CC1. The summed E-state index contributed by atoms with van der Waals surface area (Å²) in [6.45, 7) is 8.90. The number of aryl methyl sites for hydroxylation is 2. The zero-order chi connectivity index (χ0) is 15.6. The van der Waals surface area contributed by atoms with Crippen LogP contribution in [0.15, 0.2) is 0 Å². The van der Waals surface area contributed by atoms with Crippen LogP contribution in [0.4, 0.5) is 0 Å². The van der Waals surface area contributed by atoms with E-state index in [1.165, 1.54) is 0 Å². The number of thiazole rings is 1. The van der Waals surface area contributed by atoms with Crippen molar-refractivity contribution in [3.8, 4) is 0 Å². The molecule has 21 heavy (non-hydrogen) atoms. The Morgan fingerprint density at radius 2 is 1.95 bits per heavy atom. The summed E-state index contributed by atoms with van der Waals surface area (Å²) >= 11 is 1.64. The molecule has 1 aliphatic heterocycles. The summed E-state index contributed by atoms with van der Waals surface area (Å²) in [5.41, 5.74) is 0.997. The van der Waals surface area contributed by atoms with Crippen molar-refractivity contribution in [1.29, 1.82) is 0 Å². The van der Waals surface area contributed by atoms with Crippen LogP contribution in [0.25, 0.3) is 0 Å². The fraction of sp³-hybridized carbons (Fsp3) is 0.667. The Morgan fingerprint density at radius 3 is 2.43 bits per heavy atom. The third kappa shape index (κ3) is 3.81. The molecule has 1 aromatic rings. The summed E-state index contributed by atoms with van der Waals surface area (Å²) < 4.78 is 0. The van der Waals surface area contributed by atoms with E-state index in [0.29, 0.717) is 13.1 Å². The quantitative estimate of drug-likeness (QED) is 0.931. The van der Waals surface area contributed by atoms with Crippen LogP contribution in [0.2, 0.25) is 0 Å². The van der Waals surface area contributed by atoms with Gasteiger partial charge in [0, 0.05) is 30.8 Å². The van der Waals surface area contributed by atoms with Gasteiger partial charge in [-0.2, -0.15) is 0 Å². The molecule has 0 aliphatic carbocycles. The molecule has 1 fully saturated rings. The lowest BCUT2D eigenvalue weighted by Gasteiger charge is -2.31. The molecule has 2 rings (SSSR count). The van der Waals surface area contributed by atoms with Crippen LogP contribution in [0.5, 0.6) is 0 Å². The van der Waals surface area contributed by atoms with E-state index >= 15 is 0 Å². The zero-order valence-corrected chi connectivity index (χ0v) is 13.9. The molecule has 1 atom stereocenters. The number of rotatable bonds is 3. The third-order valence-corrected chi connectivity index (χ3v) is 5.26. The third-order valence-electron chi connectivity index (χ3n) is 4.00. The molecule has 2 amide bonds. The fourth-order valence-electron chi connectivity index (χ4n) is 2.80. The minimum Gasteiger partial charge on any atom is -0.348 e. The van der Waals surface area contributed by atoms with Crippen molar-refractivity contribution in [2.45, 2.75) is 46.6 Å². The number of hydrogen-bond donors (Lipinski definition) is 1. The number of carbonyl (C=O) groups is 2. The van der Waals surface area contributed by atoms with Gasteiger partial charge >= 0.3 is 0 Å². The van der Waals surface area contributed by atoms with Crippen molar-refractivity contribution < 1.29 is 9.59 Å². The minimum absolute atomic E-state index is 0.00506. The molecule has 116 valence electrons. The Balaban J connectivity index is 1.90. The van der Waals surface area contributed by atoms with E-state index in [1.807, 2.05) is 25.7 Å². The van der Waals surface area contributed by atoms with Crippen molar-refractivity contribution in [3.63, 3.8) is 0 Å². The molecule has 5 nitrogen and oxygen atoms in total. The first-order valence-corrected chi connectivity index (χ1v) is 8.20. The van der Waals surface area contributed by atoms with Crippen LogP contribution in [-0.2, 0) is 9.59 Å². The zero-order valence-electron chi connectivity index (χ0n) is 13.1. The smallest absolute Gasteiger partial charge is 0.223 e. The van der Waals surface area contributed by atoms with Crippen LogP contribution in [-0.4, -0.2) is 34.8 Å². The minimum atomic E-state index is -0.00506. The number of nitrogens with zero attached hydrogens (tertiary/aromatic N) is 2. The van der Waals surface area contributed by atoms with E-state index < -0.39 is 0 Å². The molecule has 0 bridgehead atoms. The first-order chi connectivity index (χ1) is 9.88. The number of piperidine rings is 1. The van der Waals surface area contributed by atoms with E-state index in [2.05, 4.69) is 10.3 Å². The highest BCUT2D eigenvalue weighted by Crippen LogP contribution is 2.25. The van der Waals surface area contributed by atoms with Gasteiger partial charge in [0.25, 0.3) is 0 Å². The first kappa shape index (κ1) is 15.9. The molecule has 1 aromatic heterocycles. The fourth-order valence-corrected chi connectivity index (χ4v) is 3.73. The molecule has 0 radical (unpaired) electrons. The summed E-state index contributed by atoms with van der Waals surface area (Å²) in [7, 11) is 0. The number of aromatic nitrogens is 1. The topological polar surface area (TPSA) is 62.3 Å². The number of nitrogens with one attached hydrogen (secondary N) is 1. The molecule has 0 spiro atoms. The van der Waals surface area contributed by atoms with Gasteiger partial charge in [0.2, 0.25) is 11.8 Å². The van der Waals surface area contributed by atoms with Gasteiger partial charge in [-0.15, -0.1) is 11.3 Å². The van der Waals surface area contributed by atoms with Crippen molar-refractivity contribution in [3.05, 3.63) is 15.6 Å². The maximum Gasteiger partial charge on any atom is 0.223 e. The second-order valence-corrected chi connectivity index (χ2v) is 6.93. The van der Waals surface area contributed by atoms with Crippen LogP contribution >= 0.6 is 11.3 Å². The maximum absolute atomic E-state index is 12.3. The molecule has 1 aliphatic rings. The van der Waals surface area contributed by atoms with Crippen molar-refractivity contribution >= 4 is 23.2 Å². The summed E-state index contributed by atoms with van der Waals surface area (Å²) in [6.07, 6.45) is 1.50. The molecule has 1 saturated heterocycles. The Bertz CT molecular complexity index is 533. The average molecular weight is 309 g/mol. The van der Waals surface area contributed by atoms with Crippen LogP contribution < -0.4 is 5.32 Å². The van der Waals surface area contributed by atoms with Gasteiger partial charge in [0.05, 0.1) is 16.7 Å². The molecule has 1 N–H and O–H groups in total. The average Bonchev–Trinajstić information content (AvgIpc) is 2.77. The number of hydrogen-bond acceptors (Lipinski definition) is 4.